The second-order valence-corrected chi connectivity index (χ2v) is 9.09. The molecule has 1 aliphatic rings. The molecule has 1 N–H and O–H groups in total. The fourth-order valence-electron chi connectivity index (χ4n) is 4.47. The molecule has 0 bridgehead atoms. The van der Waals surface area contributed by atoms with Crippen LogP contribution in [0.1, 0.15) is 36.8 Å². The van der Waals surface area contributed by atoms with E-state index in [1.807, 2.05) is 30.3 Å². The molecule has 0 aliphatic heterocycles. The number of ether oxygens (including phenoxy) is 1. The Hall–Kier alpha value is -3.74. The summed E-state index contributed by atoms with van der Waals surface area (Å²) in [6.07, 6.45) is 4.30. The molecule has 5 nitrogen and oxygen atoms in total. The maximum atomic E-state index is 13.6. The molecule has 0 radical (unpaired) electrons. The van der Waals surface area contributed by atoms with Gasteiger partial charge in [-0.2, -0.15) is 0 Å². The highest BCUT2D eigenvalue weighted by atomic mass is 19.1. The van der Waals surface area contributed by atoms with Gasteiger partial charge in [-0.3, -0.25) is 9.59 Å². The number of benzene rings is 3. The minimum atomic E-state index is -0.789. The van der Waals surface area contributed by atoms with Gasteiger partial charge in [-0.25, -0.2) is 8.78 Å². The van der Waals surface area contributed by atoms with Gasteiger partial charge in [0.05, 0.1) is 0 Å². The zero-order valence-corrected chi connectivity index (χ0v) is 20.0. The molecule has 3 aromatic carbocycles. The van der Waals surface area contributed by atoms with Crippen LogP contribution in [-0.2, 0) is 22.6 Å². The summed E-state index contributed by atoms with van der Waals surface area (Å²) in [4.78, 5) is 28.6. The molecule has 2 amide bonds. The molecule has 0 heterocycles. The van der Waals surface area contributed by atoms with Crippen molar-refractivity contribution in [3.8, 4) is 5.75 Å². The molecule has 1 fully saturated rings. The molecule has 3 aromatic rings. The maximum Gasteiger partial charge on any atom is 0.261 e. The minimum Gasteiger partial charge on any atom is -0.484 e. The minimum absolute atomic E-state index is 0.0917. The number of amides is 2. The van der Waals surface area contributed by atoms with Crippen LogP contribution in [0.25, 0.3) is 0 Å². The Labute approximate surface area is 210 Å². The van der Waals surface area contributed by atoms with Crippen LogP contribution in [0.4, 0.5) is 8.78 Å². The Morgan fingerprint density at radius 1 is 0.861 bits per heavy atom. The molecule has 1 aliphatic carbocycles. The van der Waals surface area contributed by atoms with Crippen LogP contribution in [0.3, 0.4) is 0 Å². The third-order valence-electron chi connectivity index (χ3n) is 6.41. The number of nitrogens with zero attached hydrogens (tertiary/aromatic N) is 1. The largest absolute Gasteiger partial charge is 0.484 e. The first-order chi connectivity index (χ1) is 17.5. The lowest BCUT2D eigenvalue weighted by Crippen LogP contribution is -2.53. The lowest BCUT2D eigenvalue weighted by molar-refractivity contribution is -0.143. The zero-order valence-electron chi connectivity index (χ0n) is 20.0. The fourth-order valence-corrected chi connectivity index (χ4v) is 4.47. The number of carbonyl (C=O) groups excluding carboxylic acids is 2. The van der Waals surface area contributed by atoms with Crippen LogP contribution >= 0.6 is 0 Å². The first-order valence-corrected chi connectivity index (χ1v) is 12.2. The number of nitrogens with one attached hydrogen (secondary N) is 1. The van der Waals surface area contributed by atoms with Gasteiger partial charge >= 0.3 is 0 Å². The van der Waals surface area contributed by atoms with Crippen molar-refractivity contribution >= 4 is 11.8 Å². The highest BCUT2D eigenvalue weighted by Crippen LogP contribution is 2.20. The maximum absolute atomic E-state index is 13.6. The molecular weight excluding hydrogens is 462 g/mol. The van der Waals surface area contributed by atoms with Crippen LogP contribution in [0.15, 0.2) is 78.9 Å². The van der Waals surface area contributed by atoms with E-state index in [9.17, 15) is 18.4 Å². The molecule has 1 saturated carbocycles. The predicted molar refractivity (Wildman–Crippen MR) is 133 cm³/mol. The second-order valence-electron chi connectivity index (χ2n) is 9.09. The Kier molecular flexibility index (Phi) is 8.66. The van der Waals surface area contributed by atoms with Gasteiger partial charge in [0.2, 0.25) is 5.91 Å². The van der Waals surface area contributed by atoms with Crippen LogP contribution in [-0.4, -0.2) is 35.4 Å². The van der Waals surface area contributed by atoms with Gasteiger partial charge < -0.3 is 15.0 Å². The molecule has 0 saturated heterocycles. The highest BCUT2D eigenvalue weighted by molar-refractivity contribution is 5.88. The number of rotatable bonds is 10. The van der Waals surface area contributed by atoms with E-state index in [0.29, 0.717) is 17.7 Å². The monoisotopic (exact) mass is 492 g/mol. The first-order valence-electron chi connectivity index (χ1n) is 12.2. The lowest BCUT2D eigenvalue weighted by Gasteiger charge is -2.32. The van der Waals surface area contributed by atoms with Gasteiger partial charge in [-0.05, 0) is 60.4 Å². The zero-order chi connectivity index (χ0) is 25.3. The van der Waals surface area contributed by atoms with Gasteiger partial charge in [-0.1, -0.05) is 55.3 Å². The van der Waals surface area contributed by atoms with E-state index in [1.165, 1.54) is 41.3 Å². The van der Waals surface area contributed by atoms with Gasteiger partial charge in [-0.15, -0.1) is 0 Å². The Balaban J connectivity index is 1.59. The average Bonchev–Trinajstić information content (AvgIpc) is 3.40. The van der Waals surface area contributed by atoms with Gasteiger partial charge in [0.15, 0.2) is 6.61 Å². The van der Waals surface area contributed by atoms with Crippen LogP contribution in [0.5, 0.6) is 5.75 Å². The van der Waals surface area contributed by atoms with Crippen LogP contribution in [0.2, 0.25) is 0 Å². The van der Waals surface area contributed by atoms with Crippen molar-refractivity contribution in [2.75, 3.05) is 6.61 Å². The van der Waals surface area contributed by atoms with Crippen molar-refractivity contribution in [2.24, 2.45) is 0 Å². The van der Waals surface area contributed by atoms with Crippen molar-refractivity contribution in [1.29, 1.82) is 0 Å². The lowest BCUT2D eigenvalue weighted by atomic mass is 10.0. The Morgan fingerprint density at radius 2 is 1.47 bits per heavy atom. The first kappa shape index (κ1) is 25.4. The summed E-state index contributed by atoms with van der Waals surface area (Å²) in [5.41, 5.74) is 1.61. The molecule has 4 rings (SSSR count). The molecule has 0 unspecified atom stereocenters. The quantitative estimate of drug-likeness (QED) is 0.431. The van der Waals surface area contributed by atoms with Crippen molar-refractivity contribution in [1.82, 2.24) is 10.2 Å². The topological polar surface area (TPSA) is 58.6 Å². The summed E-state index contributed by atoms with van der Waals surface area (Å²) in [5, 5.41) is 3.13. The van der Waals surface area contributed by atoms with E-state index in [-0.39, 0.29) is 30.9 Å². The number of hydrogen-bond acceptors (Lipinski definition) is 3. The van der Waals surface area contributed by atoms with Gasteiger partial charge in [0, 0.05) is 19.0 Å². The van der Waals surface area contributed by atoms with Crippen LogP contribution < -0.4 is 10.1 Å². The standard InChI is InChI=1S/C29H30F2N2O3/c30-23-12-10-22(11-13-23)19-33(28(34)20-36-26-16-14-24(31)15-17-26)27(18-21-6-2-1-3-7-21)29(35)32-25-8-4-5-9-25/h1-3,6-7,10-17,25,27H,4-5,8-9,18-20H2,(H,32,35)/t27-/m1/s1. The fraction of sp³-hybridized carbons (Fsp3) is 0.310. The van der Waals surface area contributed by atoms with E-state index >= 15 is 0 Å². The SMILES string of the molecule is O=C(NC1CCCC1)[C@@H](Cc1ccccc1)N(Cc1ccc(F)cc1)C(=O)COc1ccc(F)cc1. The highest BCUT2D eigenvalue weighted by Gasteiger charge is 2.32. The summed E-state index contributed by atoms with van der Waals surface area (Å²) < 4.78 is 32.4. The summed E-state index contributed by atoms with van der Waals surface area (Å²) in [6.45, 7) is -0.212. The molecule has 7 heteroatoms. The third-order valence-corrected chi connectivity index (χ3v) is 6.41. The predicted octanol–water partition coefficient (Wildman–Crippen LogP) is 5.04. The van der Waals surface area contributed by atoms with Crippen molar-refractivity contribution in [2.45, 2.75) is 50.7 Å². The molecule has 36 heavy (non-hydrogen) atoms. The van der Waals surface area contributed by atoms with Gasteiger partial charge in [0.25, 0.3) is 5.91 Å². The molecule has 188 valence electrons. The second kappa shape index (κ2) is 12.3. The van der Waals surface area contributed by atoms with E-state index < -0.39 is 17.8 Å². The average molecular weight is 493 g/mol. The van der Waals surface area contributed by atoms with E-state index in [2.05, 4.69) is 5.32 Å². The van der Waals surface area contributed by atoms with Crippen molar-refractivity contribution < 1.29 is 23.1 Å². The molecule has 1 atom stereocenters. The third kappa shape index (κ3) is 7.13. The van der Waals surface area contributed by atoms with E-state index in [1.54, 1.807) is 12.1 Å². The normalized spacial score (nSPS) is 14.3. The Bertz CT molecular complexity index is 1130. The van der Waals surface area contributed by atoms with E-state index in [4.69, 9.17) is 4.74 Å². The smallest absolute Gasteiger partial charge is 0.261 e. The number of hydrogen-bond donors (Lipinski definition) is 1. The molecule has 0 spiro atoms. The summed E-state index contributed by atoms with van der Waals surface area (Å²) in [7, 11) is 0. The summed E-state index contributed by atoms with van der Waals surface area (Å²) in [5.74, 6) is -1.05. The van der Waals surface area contributed by atoms with Crippen molar-refractivity contribution in [3.63, 3.8) is 0 Å². The Morgan fingerprint density at radius 3 is 2.11 bits per heavy atom. The summed E-state index contributed by atoms with van der Waals surface area (Å²) >= 11 is 0. The van der Waals surface area contributed by atoms with Crippen molar-refractivity contribution in [3.05, 3.63) is 102 Å². The van der Waals surface area contributed by atoms with E-state index in [0.717, 1.165) is 31.2 Å². The van der Waals surface area contributed by atoms with Gasteiger partial charge in [0.1, 0.15) is 23.4 Å². The summed E-state index contributed by atoms with van der Waals surface area (Å²) in [6, 6.07) is 20.1. The van der Waals surface area contributed by atoms with Crippen LogP contribution in [0, 0.1) is 11.6 Å². The molecular formula is C29H30F2N2O3. The number of halogens is 2. The molecule has 0 aromatic heterocycles. The number of carbonyl (C=O) groups is 2.